The average Bonchev–Trinajstić information content (AvgIpc) is 3.20. The molecule has 1 aromatic rings. The van der Waals surface area contributed by atoms with Crippen LogP contribution in [0.4, 0.5) is 5.82 Å². The van der Waals surface area contributed by atoms with Crippen LogP contribution in [-0.4, -0.2) is 35.9 Å². The first kappa shape index (κ1) is 13.8. The molecule has 1 saturated carbocycles. The predicted octanol–water partition coefficient (Wildman–Crippen LogP) is 2.69. The number of pyridine rings is 1. The largest absolute Gasteiger partial charge is 0.373 e. The Labute approximate surface area is 115 Å². The minimum Gasteiger partial charge on any atom is -0.373 e. The van der Waals surface area contributed by atoms with Crippen molar-refractivity contribution in [1.29, 1.82) is 0 Å². The van der Waals surface area contributed by atoms with Crippen molar-refractivity contribution in [3.05, 3.63) is 23.4 Å². The Kier molecular flexibility index (Phi) is 4.40. The second kappa shape index (κ2) is 6.04. The van der Waals surface area contributed by atoms with Gasteiger partial charge in [-0.2, -0.15) is 0 Å². The third-order valence-corrected chi connectivity index (χ3v) is 3.41. The van der Waals surface area contributed by atoms with Gasteiger partial charge < -0.3 is 10.2 Å². The molecule has 0 saturated heterocycles. The van der Waals surface area contributed by atoms with E-state index in [0.29, 0.717) is 0 Å². The number of carbonyl (C=O) groups is 1. The standard InChI is InChI=1S/C15H23N3O/c1-4-7-18(10-12-5-6-12)15(19)13-8-11(2)17-14(9-13)16-3/h8-9,12H,4-7,10H2,1-3H3,(H,16,17). The predicted molar refractivity (Wildman–Crippen MR) is 77.4 cm³/mol. The summed E-state index contributed by atoms with van der Waals surface area (Å²) >= 11 is 0. The highest BCUT2D eigenvalue weighted by atomic mass is 16.2. The molecule has 19 heavy (non-hydrogen) atoms. The van der Waals surface area contributed by atoms with Gasteiger partial charge in [-0.3, -0.25) is 4.79 Å². The van der Waals surface area contributed by atoms with E-state index in [4.69, 9.17) is 0 Å². The van der Waals surface area contributed by atoms with Gasteiger partial charge in [0.1, 0.15) is 5.82 Å². The van der Waals surface area contributed by atoms with E-state index in [1.165, 1.54) is 12.8 Å². The summed E-state index contributed by atoms with van der Waals surface area (Å²) in [7, 11) is 1.82. The second-order valence-corrected chi connectivity index (χ2v) is 5.33. The molecule has 0 bridgehead atoms. The smallest absolute Gasteiger partial charge is 0.254 e. The number of rotatable bonds is 6. The van der Waals surface area contributed by atoms with Gasteiger partial charge >= 0.3 is 0 Å². The Balaban J connectivity index is 2.16. The van der Waals surface area contributed by atoms with E-state index < -0.39 is 0 Å². The molecule has 1 N–H and O–H groups in total. The molecule has 0 spiro atoms. The van der Waals surface area contributed by atoms with Crippen LogP contribution in [0, 0.1) is 12.8 Å². The van der Waals surface area contributed by atoms with Crippen LogP contribution in [-0.2, 0) is 0 Å². The van der Waals surface area contributed by atoms with Gasteiger partial charge in [0.05, 0.1) is 0 Å². The van der Waals surface area contributed by atoms with E-state index in [1.54, 1.807) is 0 Å². The minimum absolute atomic E-state index is 0.135. The van der Waals surface area contributed by atoms with Gasteiger partial charge in [-0.05, 0) is 44.2 Å². The Morgan fingerprint density at radius 2 is 2.21 bits per heavy atom. The van der Waals surface area contributed by atoms with Crippen LogP contribution in [0.25, 0.3) is 0 Å². The van der Waals surface area contributed by atoms with Crippen LogP contribution in [0.3, 0.4) is 0 Å². The number of nitrogens with one attached hydrogen (secondary N) is 1. The van der Waals surface area contributed by atoms with Gasteiger partial charge in [0, 0.05) is 31.4 Å². The normalized spacial score (nSPS) is 14.3. The van der Waals surface area contributed by atoms with Gasteiger partial charge in [0.2, 0.25) is 0 Å². The van der Waals surface area contributed by atoms with E-state index in [-0.39, 0.29) is 5.91 Å². The summed E-state index contributed by atoms with van der Waals surface area (Å²) in [5.41, 5.74) is 1.61. The monoisotopic (exact) mass is 261 g/mol. The van der Waals surface area contributed by atoms with Crippen LogP contribution in [0.1, 0.15) is 42.2 Å². The Hall–Kier alpha value is -1.58. The molecule has 0 radical (unpaired) electrons. The van der Waals surface area contributed by atoms with Gasteiger partial charge in [-0.25, -0.2) is 4.98 Å². The SMILES string of the molecule is CCCN(CC1CC1)C(=O)c1cc(C)nc(NC)c1. The molecule has 1 fully saturated rings. The average molecular weight is 261 g/mol. The number of carbonyl (C=O) groups excluding carboxylic acids is 1. The Morgan fingerprint density at radius 1 is 1.47 bits per heavy atom. The second-order valence-electron chi connectivity index (χ2n) is 5.33. The zero-order valence-corrected chi connectivity index (χ0v) is 12.1. The lowest BCUT2D eigenvalue weighted by Crippen LogP contribution is -2.33. The molecule has 1 heterocycles. The third-order valence-electron chi connectivity index (χ3n) is 3.41. The molecule has 0 aromatic carbocycles. The highest BCUT2D eigenvalue weighted by Gasteiger charge is 2.27. The summed E-state index contributed by atoms with van der Waals surface area (Å²) < 4.78 is 0. The summed E-state index contributed by atoms with van der Waals surface area (Å²) in [5, 5.41) is 3.01. The van der Waals surface area contributed by atoms with E-state index in [9.17, 15) is 4.79 Å². The van der Waals surface area contributed by atoms with Crippen molar-refractivity contribution in [1.82, 2.24) is 9.88 Å². The maximum atomic E-state index is 12.6. The van der Waals surface area contributed by atoms with Crippen molar-refractivity contribution in [3.8, 4) is 0 Å². The zero-order valence-electron chi connectivity index (χ0n) is 12.1. The molecule has 0 unspecified atom stereocenters. The molecule has 2 rings (SSSR count). The molecule has 1 aromatic heterocycles. The molecule has 4 heteroatoms. The summed E-state index contributed by atoms with van der Waals surface area (Å²) in [5.74, 6) is 1.61. The van der Waals surface area contributed by atoms with Gasteiger partial charge in [-0.1, -0.05) is 6.92 Å². The first-order chi connectivity index (χ1) is 9.13. The number of hydrogen-bond acceptors (Lipinski definition) is 3. The quantitative estimate of drug-likeness (QED) is 0.856. The fraction of sp³-hybridized carbons (Fsp3) is 0.600. The molecular weight excluding hydrogens is 238 g/mol. The molecule has 1 amide bonds. The van der Waals surface area contributed by atoms with E-state index in [2.05, 4.69) is 17.2 Å². The van der Waals surface area contributed by atoms with Crippen LogP contribution in [0.2, 0.25) is 0 Å². The van der Waals surface area contributed by atoms with Crippen LogP contribution in [0.5, 0.6) is 0 Å². The highest BCUT2D eigenvalue weighted by Crippen LogP contribution is 2.30. The van der Waals surface area contributed by atoms with Crippen molar-refractivity contribution in [2.45, 2.75) is 33.1 Å². The lowest BCUT2D eigenvalue weighted by molar-refractivity contribution is 0.0747. The van der Waals surface area contributed by atoms with Crippen LogP contribution in [0.15, 0.2) is 12.1 Å². The summed E-state index contributed by atoms with van der Waals surface area (Å²) in [6, 6.07) is 3.71. The maximum Gasteiger partial charge on any atom is 0.254 e. The molecule has 1 aliphatic rings. The lowest BCUT2D eigenvalue weighted by atomic mass is 10.2. The Bertz CT molecular complexity index is 455. The highest BCUT2D eigenvalue weighted by molar-refractivity contribution is 5.95. The molecule has 0 atom stereocenters. The first-order valence-electron chi connectivity index (χ1n) is 7.09. The molecule has 0 aliphatic heterocycles. The minimum atomic E-state index is 0.135. The zero-order chi connectivity index (χ0) is 13.8. The number of amides is 1. The lowest BCUT2D eigenvalue weighted by Gasteiger charge is -2.22. The van der Waals surface area contributed by atoms with Crippen molar-refractivity contribution in [2.75, 3.05) is 25.5 Å². The van der Waals surface area contributed by atoms with E-state index in [0.717, 1.165) is 42.5 Å². The molecule has 1 aliphatic carbocycles. The van der Waals surface area contributed by atoms with Crippen molar-refractivity contribution in [3.63, 3.8) is 0 Å². The molecule has 104 valence electrons. The van der Waals surface area contributed by atoms with Gasteiger partial charge in [0.25, 0.3) is 5.91 Å². The van der Waals surface area contributed by atoms with Crippen molar-refractivity contribution >= 4 is 11.7 Å². The molecular formula is C15H23N3O. The number of aromatic nitrogens is 1. The van der Waals surface area contributed by atoms with E-state index in [1.807, 2.05) is 31.0 Å². The number of aryl methyl sites for hydroxylation is 1. The number of anilines is 1. The third kappa shape index (κ3) is 3.69. The Morgan fingerprint density at radius 3 is 2.79 bits per heavy atom. The van der Waals surface area contributed by atoms with Crippen molar-refractivity contribution < 1.29 is 4.79 Å². The van der Waals surface area contributed by atoms with Gasteiger partial charge in [-0.15, -0.1) is 0 Å². The van der Waals surface area contributed by atoms with Crippen molar-refractivity contribution in [2.24, 2.45) is 5.92 Å². The fourth-order valence-electron chi connectivity index (χ4n) is 2.26. The van der Waals surface area contributed by atoms with Gasteiger partial charge in [0.15, 0.2) is 0 Å². The van der Waals surface area contributed by atoms with E-state index >= 15 is 0 Å². The number of hydrogen-bond donors (Lipinski definition) is 1. The summed E-state index contributed by atoms with van der Waals surface area (Å²) in [6.07, 6.45) is 3.54. The molecule has 4 nitrogen and oxygen atoms in total. The maximum absolute atomic E-state index is 12.6. The fourth-order valence-corrected chi connectivity index (χ4v) is 2.26. The van der Waals surface area contributed by atoms with Crippen LogP contribution < -0.4 is 5.32 Å². The first-order valence-corrected chi connectivity index (χ1v) is 7.09. The summed E-state index contributed by atoms with van der Waals surface area (Å²) in [6.45, 7) is 5.78. The van der Waals surface area contributed by atoms with Crippen LogP contribution >= 0.6 is 0 Å². The topological polar surface area (TPSA) is 45.2 Å². The number of nitrogens with zero attached hydrogens (tertiary/aromatic N) is 2. The summed E-state index contributed by atoms with van der Waals surface area (Å²) in [4.78, 5) is 18.9.